The van der Waals surface area contributed by atoms with Crippen LogP contribution in [0.5, 0.6) is 0 Å². The lowest BCUT2D eigenvalue weighted by molar-refractivity contribution is -0.146. The van der Waals surface area contributed by atoms with Crippen molar-refractivity contribution in [3.05, 3.63) is 10.8 Å². The molecule has 7 heteroatoms. The van der Waals surface area contributed by atoms with Crippen LogP contribution in [-0.4, -0.2) is 35.6 Å². The van der Waals surface area contributed by atoms with Crippen molar-refractivity contribution in [2.45, 2.75) is 25.8 Å². The minimum Gasteiger partial charge on any atom is -0.469 e. The molecule has 1 aromatic rings. The van der Waals surface area contributed by atoms with E-state index in [2.05, 4.69) is 37.7 Å². The number of methoxy groups -OCH3 is 1. The average molecular weight is 329 g/mol. The van der Waals surface area contributed by atoms with Crippen molar-refractivity contribution in [2.75, 3.05) is 24.3 Å². The maximum atomic E-state index is 11.6. The molecular weight excluding hydrogens is 312 g/mol. The molecule has 104 valence electrons. The van der Waals surface area contributed by atoms with Crippen LogP contribution in [0.15, 0.2) is 10.8 Å². The van der Waals surface area contributed by atoms with E-state index in [-0.39, 0.29) is 17.9 Å². The molecule has 6 nitrogen and oxygen atoms in total. The quantitative estimate of drug-likeness (QED) is 0.830. The van der Waals surface area contributed by atoms with E-state index >= 15 is 0 Å². The summed E-state index contributed by atoms with van der Waals surface area (Å²) in [6.45, 7) is 2.77. The molecule has 1 saturated heterocycles. The summed E-state index contributed by atoms with van der Waals surface area (Å²) in [5.41, 5.74) is 5.88. The fraction of sp³-hybridized carbons (Fsp3) is 0.583. The van der Waals surface area contributed by atoms with Crippen molar-refractivity contribution in [3.63, 3.8) is 0 Å². The standard InChI is InChI=1S/C12H17BrN4O2/c1-7-5-8(12(18)19-2)3-4-17(7)11-10(14)15-6-9(13)16-11/h6-8H,3-5H2,1-2H3,(H2,14,15)/t7-,8-/m1/s1. The summed E-state index contributed by atoms with van der Waals surface area (Å²) in [7, 11) is 1.43. The molecule has 0 amide bonds. The largest absolute Gasteiger partial charge is 0.469 e. The van der Waals surface area contributed by atoms with E-state index in [0.717, 1.165) is 19.4 Å². The molecule has 0 unspecified atom stereocenters. The summed E-state index contributed by atoms with van der Waals surface area (Å²) in [6, 6.07) is 0.170. The highest BCUT2D eigenvalue weighted by molar-refractivity contribution is 9.10. The fourth-order valence-corrected chi connectivity index (χ4v) is 2.72. The summed E-state index contributed by atoms with van der Waals surface area (Å²) >= 11 is 3.30. The number of nitrogens with zero attached hydrogens (tertiary/aromatic N) is 3. The Kier molecular flexibility index (Phi) is 4.24. The third-order valence-electron chi connectivity index (χ3n) is 3.43. The molecule has 2 rings (SSSR count). The van der Waals surface area contributed by atoms with Gasteiger partial charge in [0.15, 0.2) is 11.6 Å². The van der Waals surface area contributed by atoms with Gasteiger partial charge >= 0.3 is 5.97 Å². The second kappa shape index (κ2) is 5.73. The Morgan fingerprint density at radius 3 is 3.00 bits per heavy atom. The first-order chi connectivity index (χ1) is 9.02. The van der Waals surface area contributed by atoms with Gasteiger partial charge in [-0.1, -0.05) is 0 Å². The fourth-order valence-electron chi connectivity index (χ4n) is 2.45. The molecule has 1 aliphatic heterocycles. The molecule has 1 fully saturated rings. The molecule has 0 bridgehead atoms. The van der Waals surface area contributed by atoms with E-state index in [9.17, 15) is 4.79 Å². The van der Waals surface area contributed by atoms with Crippen molar-refractivity contribution in [3.8, 4) is 0 Å². The van der Waals surface area contributed by atoms with Crippen LogP contribution < -0.4 is 10.6 Å². The number of carbonyl (C=O) groups is 1. The number of nitrogen functional groups attached to an aromatic ring is 1. The van der Waals surface area contributed by atoms with E-state index in [1.54, 1.807) is 6.20 Å². The predicted molar refractivity (Wildman–Crippen MR) is 75.7 cm³/mol. The summed E-state index contributed by atoms with van der Waals surface area (Å²) in [5, 5.41) is 0. The number of ether oxygens (including phenoxy) is 1. The number of hydrogen-bond donors (Lipinski definition) is 1. The Morgan fingerprint density at radius 2 is 2.37 bits per heavy atom. The first-order valence-corrected chi connectivity index (χ1v) is 6.94. The molecule has 2 heterocycles. The second-order valence-electron chi connectivity index (χ2n) is 4.69. The monoisotopic (exact) mass is 328 g/mol. The van der Waals surface area contributed by atoms with Gasteiger partial charge in [-0.15, -0.1) is 0 Å². The van der Waals surface area contributed by atoms with Crippen LogP contribution in [0, 0.1) is 5.92 Å². The van der Waals surface area contributed by atoms with Crippen molar-refractivity contribution < 1.29 is 9.53 Å². The van der Waals surface area contributed by atoms with Gasteiger partial charge in [0.1, 0.15) is 4.60 Å². The zero-order chi connectivity index (χ0) is 14.0. The Morgan fingerprint density at radius 1 is 1.63 bits per heavy atom. The van der Waals surface area contributed by atoms with E-state index < -0.39 is 0 Å². The van der Waals surface area contributed by atoms with Crippen LogP contribution in [0.4, 0.5) is 11.6 Å². The van der Waals surface area contributed by atoms with Gasteiger partial charge in [-0.2, -0.15) is 0 Å². The minimum absolute atomic E-state index is 0.0439. The lowest BCUT2D eigenvalue weighted by Crippen LogP contribution is -2.43. The number of anilines is 2. The van der Waals surface area contributed by atoms with E-state index in [1.807, 2.05) is 0 Å². The van der Waals surface area contributed by atoms with Gasteiger partial charge in [0.2, 0.25) is 0 Å². The smallest absolute Gasteiger partial charge is 0.308 e. The number of hydrogen-bond acceptors (Lipinski definition) is 6. The number of piperidine rings is 1. The third-order valence-corrected chi connectivity index (χ3v) is 3.82. The van der Waals surface area contributed by atoms with Gasteiger partial charge < -0.3 is 15.4 Å². The van der Waals surface area contributed by atoms with Crippen LogP contribution in [0.1, 0.15) is 19.8 Å². The van der Waals surface area contributed by atoms with Gasteiger partial charge in [-0.05, 0) is 35.7 Å². The number of halogens is 1. The SMILES string of the molecule is COC(=O)[C@@H]1CCN(c2nc(Br)cnc2N)[C@H](C)C1. The van der Waals surface area contributed by atoms with E-state index in [4.69, 9.17) is 10.5 Å². The number of aromatic nitrogens is 2. The first-order valence-electron chi connectivity index (χ1n) is 6.15. The molecular formula is C12H17BrN4O2. The summed E-state index contributed by atoms with van der Waals surface area (Å²) in [5.74, 6) is 0.897. The second-order valence-corrected chi connectivity index (χ2v) is 5.50. The molecule has 1 aliphatic rings. The van der Waals surface area contributed by atoms with Gasteiger partial charge in [0.05, 0.1) is 19.2 Å². The lowest BCUT2D eigenvalue weighted by Gasteiger charge is -2.37. The normalized spacial score (nSPS) is 23.2. The highest BCUT2D eigenvalue weighted by Gasteiger charge is 2.32. The van der Waals surface area contributed by atoms with Gasteiger partial charge in [0.25, 0.3) is 0 Å². The predicted octanol–water partition coefficient (Wildman–Crippen LogP) is 1.60. The van der Waals surface area contributed by atoms with Crippen molar-refractivity contribution in [1.29, 1.82) is 0 Å². The highest BCUT2D eigenvalue weighted by atomic mass is 79.9. The van der Waals surface area contributed by atoms with Gasteiger partial charge in [0, 0.05) is 12.6 Å². The lowest BCUT2D eigenvalue weighted by atomic mass is 9.91. The molecule has 0 spiro atoms. The minimum atomic E-state index is -0.139. The zero-order valence-corrected chi connectivity index (χ0v) is 12.6. The van der Waals surface area contributed by atoms with Crippen molar-refractivity contribution in [1.82, 2.24) is 9.97 Å². The first kappa shape index (κ1) is 14.0. The molecule has 2 N–H and O–H groups in total. The van der Waals surface area contributed by atoms with Gasteiger partial charge in [-0.3, -0.25) is 4.79 Å². The van der Waals surface area contributed by atoms with Crippen LogP contribution in [-0.2, 0) is 9.53 Å². The summed E-state index contributed by atoms with van der Waals surface area (Å²) in [6.07, 6.45) is 3.05. The summed E-state index contributed by atoms with van der Waals surface area (Å²) in [4.78, 5) is 22.1. The number of carbonyl (C=O) groups excluding carboxylic acids is 1. The Hall–Kier alpha value is -1.37. The number of rotatable bonds is 2. The topological polar surface area (TPSA) is 81.3 Å². The van der Waals surface area contributed by atoms with Crippen LogP contribution in [0.25, 0.3) is 0 Å². The van der Waals surface area contributed by atoms with Crippen LogP contribution in [0.3, 0.4) is 0 Å². The molecule has 2 atom stereocenters. The molecule has 1 aromatic heterocycles. The van der Waals surface area contributed by atoms with Crippen molar-refractivity contribution >= 4 is 33.5 Å². The molecule has 0 aromatic carbocycles. The number of nitrogens with two attached hydrogens (primary N) is 1. The van der Waals surface area contributed by atoms with E-state index in [0.29, 0.717) is 16.2 Å². The zero-order valence-electron chi connectivity index (χ0n) is 11.0. The van der Waals surface area contributed by atoms with E-state index in [1.165, 1.54) is 7.11 Å². The Labute approximate surface area is 120 Å². The highest BCUT2D eigenvalue weighted by Crippen LogP contribution is 2.30. The summed E-state index contributed by atoms with van der Waals surface area (Å²) < 4.78 is 5.46. The maximum absolute atomic E-state index is 11.6. The molecule has 19 heavy (non-hydrogen) atoms. The maximum Gasteiger partial charge on any atom is 0.308 e. The van der Waals surface area contributed by atoms with Crippen LogP contribution >= 0.6 is 15.9 Å². The number of esters is 1. The molecule has 0 radical (unpaired) electrons. The molecule has 0 aliphatic carbocycles. The van der Waals surface area contributed by atoms with Gasteiger partial charge in [-0.25, -0.2) is 9.97 Å². The molecule has 0 saturated carbocycles. The van der Waals surface area contributed by atoms with Crippen LogP contribution in [0.2, 0.25) is 0 Å². The Bertz CT molecular complexity index is 483. The third kappa shape index (κ3) is 2.97. The average Bonchev–Trinajstić information content (AvgIpc) is 2.41. The Balaban J connectivity index is 2.15. The van der Waals surface area contributed by atoms with Crippen molar-refractivity contribution in [2.24, 2.45) is 5.92 Å².